The Morgan fingerprint density at radius 2 is 1.70 bits per heavy atom. The molecule has 1 fully saturated rings. The maximum Gasteiger partial charge on any atom is 0.239 e. The summed E-state index contributed by atoms with van der Waals surface area (Å²) in [5, 5.41) is 1.86. The molecule has 0 aromatic heterocycles. The van der Waals surface area contributed by atoms with E-state index in [2.05, 4.69) is 18.7 Å². The second-order valence-corrected chi connectivity index (χ2v) is 9.16. The summed E-state index contributed by atoms with van der Waals surface area (Å²) in [5.41, 5.74) is 8.14. The molecule has 7 heteroatoms. The van der Waals surface area contributed by atoms with Crippen LogP contribution in [-0.2, 0) is 4.79 Å². The first-order valence-electron chi connectivity index (χ1n) is 9.77. The zero-order chi connectivity index (χ0) is 21.1. The molecule has 2 N–H and O–H groups in total. The van der Waals surface area contributed by atoms with Crippen molar-refractivity contribution in [2.24, 2.45) is 11.7 Å². The summed E-state index contributed by atoms with van der Waals surface area (Å²) < 4.78 is 0. The van der Waals surface area contributed by atoms with E-state index >= 15 is 0 Å². The van der Waals surface area contributed by atoms with Gasteiger partial charge in [-0.2, -0.15) is 0 Å². The Kier molecular flexibility index (Phi) is 8.86. The Morgan fingerprint density at radius 3 is 2.30 bits per heavy atom. The van der Waals surface area contributed by atoms with Gasteiger partial charge in [0.25, 0.3) is 0 Å². The number of nitrogens with two attached hydrogens (primary N) is 1. The molecule has 3 rings (SSSR count). The second-order valence-electron chi connectivity index (χ2n) is 7.88. The van der Waals surface area contributed by atoms with E-state index in [-0.39, 0.29) is 19.4 Å². The van der Waals surface area contributed by atoms with Gasteiger partial charge < -0.3 is 15.5 Å². The van der Waals surface area contributed by atoms with Crippen molar-refractivity contribution < 1.29 is 4.79 Å². The van der Waals surface area contributed by atoms with Crippen LogP contribution in [0.15, 0.2) is 42.5 Å². The van der Waals surface area contributed by atoms with E-state index in [1.54, 1.807) is 6.07 Å². The summed E-state index contributed by atoms with van der Waals surface area (Å²) >= 11 is 18.7. The van der Waals surface area contributed by atoms with Crippen molar-refractivity contribution in [2.75, 3.05) is 24.5 Å². The Balaban J connectivity index is 0.00000320. The van der Waals surface area contributed by atoms with Crippen LogP contribution < -0.4 is 10.6 Å². The highest BCUT2D eigenvalue weighted by molar-refractivity contribution is 6.36. The van der Waals surface area contributed by atoms with E-state index in [1.807, 2.05) is 41.3 Å². The van der Waals surface area contributed by atoms with Gasteiger partial charge in [0.2, 0.25) is 5.91 Å². The molecular formula is C23H30Cl3N3O. The van der Waals surface area contributed by atoms with Gasteiger partial charge in [-0.05, 0) is 48.2 Å². The van der Waals surface area contributed by atoms with E-state index in [0.29, 0.717) is 47.0 Å². The van der Waals surface area contributed by atoms with Crippen molar-refractivity contribution in [2.45, 2.75) is 39.8 Å². The minimum Gasteiger partial charge on any atom is -0.360 e. The average Bonchev–Trinajstić information content (AvgIpc) is 2.67. The Bertz CT molecular complexity index is 857. The number of hydrogen-bond acceptors (Lipinski definition) is 3. The molecular weight excluding hydrogens is 441 g/mol. The molecule has 4 nitrogen and oxygen atoms in total. The molecule has 0 unspecified atom stereocenters. The van der Waals surface area contributed by atoms with Crippen molar-refractivity contribution in [3.05, 3.63) is 63.1 Å². The lowest BCUT2D eigenvalue weighted by Crippen LogP contribution is -2.54. The third kappa shape index (κ3) is 5.82. The van der Waals surface area contributed by atoms with Crippen molar-refractivity contribution in [3.8, 4) is 0 Å². The van der Waals surface area contributed by atoms with Crippen LogP contribution in [0.3, 0.4) is 0 Å². The molecule has 2 atom stereocenters. The summed E-state index contributed by atoms with van der Waals surface area (Å²) in [4.78, 5) is 17.0. The first-order valence-corrected chi connectivity index (χ1v) is 10.9. The van der Waals surface area contributed by atoms with Crippen molar-refractivity contribution in [1.82, 2.24) is 4.90 Å². The van der Waals surface area contributed by atoms with Gasteiger partial charge in [0, 0.05) is 29.7 Å². The lowest BCUT2D eigenvalue weighted by molar-refractivity contribution is -0.133. The Morgan fingerprint density at radius 1 is 1.07 bits per heavy atom. The van der Waals surface area contributed by atoms with E-state index in [0.717, 1.165) is 11.3 Å². The Labute approximate surface area is 194 Å². The number of carbonyl (C=O) groups is 1. The minimum absolute atomic E-state index is 0. The van der Waals surface area contributed by atoms with Crippen LogP contribution in [0.25, 0.3) is 0 Å². The number of hydrogen-bond donors (Lipinski definition) is 1. The smallest absolute Gasteiger partial charge is 0.239 e. The van der Waals surface area contributed by atoms with Crippen LogP contribution >= 0.6 is 34.8 Å². The van der Waals surface area contributed by atoms with E-state index in [4.69, 9.17) is 40.5 Å². The normalized spacial score (nSPS) is 17.6. The number of anilines is 1. The molecule has 0 bridgehead atoms. The predicted molar refractivity (Wildman–Crippen MR) is 129 cm³/mol. The number of carbonyl (C=O) groups excluding carboxylic acids is 1. The lowest BCUT2D eigenvalue weighted by Gasteiger charge is -2.44. The quantitative estimate of drug-likeness (QED) is 0.579. The summed E-state index contributed by atoms with van der Waals surface area (Å²) in [5.74, 6) is 0.370. The molecule has 1 aliphatic rings. The van der Waals surface area contributed by atoms with Crippen molar-refractivity contribution in [1.29, 1.82) is 0 Å². The predicted octanol–water partition coefficient (Wildman–Crippen LogP) is 6.05. The molecule has 2 aromatic rings. The SMILES string of the molecule is C.CC(C)C[C@H](N)C(=O)N1CCN(c2ccc(Cl)cc2Cl)[C@H](c2ccc(Cl)cc2)C1. The third-order valence-corrected chi connectivity index (χ3v) is 6.00. The van der Waals surface area contributed by atoms with Crippen molar-refractivity contribution in [3.63, 3.8) is 0 Å². The number of nitrogens with zero attached hydrogens (tertiary/aromatic N) is 2. The molecule has 1 saturated heterocycles. The van der Waals surface area contributed by atoms with Crippen LogP contribution in [0.2, 0.25) is 15.1 Å². The summed E-state index contributed by atoms with van der Waals surface area (Å²) in [7, 11) is 0. The van der Waals surface area contributed by atoms with Crippen LogP contribution in [0.1, 0.15) is 39.3 Å². The summed E-state index contributed by atoms with van der Waals surface area (Å²) in [6.07, 6.45) is 0.674. The fourth-order valence-corrected chi connectivity index (χ4v) is 4.44. The van der Waals surface area contributed by atoms with Crippen LogP contribution in [-0.4, -0.2) is 36.5 Å². The largest absolute Gasteiger partial charge is 0.360 e. The molecule has 0 radical (unpaired) electrons. The number of piperazine rings is 1. The molecule has 1 heterocycles. The zero-order valence-corrected chi connectivity index (χ0v) is 18.9. The topological polar surface area (TPSA) is 49.6 Å². The zero-order valence-electron chi connectivity index (χ0n) is 16.6. The first-order chi connectivity index (χ1) is 13.8. The van der Waals surface area contributed by atoms with E-state index in [1.165, 1.54) is 0 Å². The molecule has 0 aliphatic carbocycles. The van der Waals surface area contributed by atoms with Gasteiger partial charge in [-0.3, -0.25) is 4.79 Å². The Hall–Kier alpha value is -1.46. The summed E-state index contributed by atoms with van der Waals surface area (Å²) in [6.45, 7) is 5.92. The lowest BCUT2D eigenvalue weighted by atomic mass is 9.99. The molecule has 0 saturated carbocycles. The number of halogens is 3. The van der Waals surface area contributed by atoms with Gasteiger partial charge >= 0.3 is 0 Å². The molecule has 0 spiro atoms. The standard InChI is InChI=1S/C22H26Cl3N3O.CH4/c1-14(2)11-19(26)22(29)27-9-10-28(20-8-7-17(24)12-18(20)25)21(13-27)15-3-5-16(23)6-4-15;/h3-8,12,14,19,21H,9-11,13,26H2,1-2H3;1H4/t19-,21-;/m0./s1. The fourth-order valence-electron chi connectivity index (χ4n) is 3.80. The van der Waals surface area contributed by atoms with Gasteiger partial charge in [-0.1, -0.05) is 68.2 Å². The molecule has 164 valence electrons. The number of rotatable bonds is 5. The van der Waals surface area contributed by atoms with Gasteiger partial charge in [-0.15, -0.1) is 0 Å². The fraction of sp³-hybridized carbons (Fsp3) is 0.435. The van der Waals surface area contributed by atoms with Gasteiger partial charge in [0.1, 0.15) is 0 Å². The summed E-state index contributed by atoms with van der Waals surface area (Å²) in [6, 6.07) is 12.7. The van der Waals surface area contributed by atoms with E-state index < -0.39 is 6.04 Å². The van der Waals surface area contributed by atoms with Crippen LogP contribution in [0, 0.1) is 5.92 Å². The molecule has 1 aliphatic heterocycles. The van der Waals surface area contributed by atoms with Crippen LogP contribution in [0.4, 0.5) is 5.69 Å². The highest BCUT2D eigenvalue weighted by Gasteiger charge is 2.33. The number of amides is 1. The maximum absolute atomic E-state index is 12.9. The van der Waals surface area contributed by atoms with E-state index in [9.17, 15) is 4.79 Å². The average molecular weight is 471 g/mol. The first kappa shape index (κ1) is 24.8. The highest BCUT2D eigenvalue weighted by atomic mass is 35.5. The third-order valence-electron chi connectivity index (χ3n) is 5.21. The number of benzene rings is 2. The second kappa shape index (κ2) is 10.7. The van der Waals surface area contributed by atoms with Gasteiger partial charge in [-0.25, -0.2) is 0 Å². The molecule has 30 heavy (non-hydrogen) atoms. The van der Waals surface area contributed by atoms with Crippen LogP contribution in [0.5, 0.6) is 0 Å². The van der Waals surface area contributed by atoms with Crippen molar-refractivity contribution >= 4 is 46.4 Å². The minimum atomic E-state index is -0.480. The van der Waals surface area contributed by atoms with Gasteiger partial charge in [0.15, 0.2) is 0 Å². The molecule has 2 aromatic carbocycles. The molecule has 1 amide bonds. The van der Waals surface area contributed by atoms with Gasteiger partial charge in [0.05, 0.1) is 22.8 Å². The monoisotopic (exact) mass is 469 g/mol. The highest BCUT2D eigenvalue weighted by Crippen LogP contribution is 2.37. The maximum atomic E-state index is 12.9.